The van der Waals surface area contributed by atoms with Gasteiger partial charge in [-0.15, -0.1) is 24.0 Å². The van der Waals surface area contributed by atoms with Crippen LogP contribution >= 0.6 is 24.0 Å². The van der Waals surface area contributed by atoms with Crippen molar-refractivity contribution in [2.45, 2.75) is 20.0 Å². The van der Waals surface area contributed by atoms with Gasteiger partial charge >= 0.3 is 0 Å². The van der Waals surface area contributed by atoms with E-state index in [9.17, 15) is 5.11 Å². The number of hydrogen-bond acceptors (Lipinski definition) is 3. The molecular weight excluding hydrogens is 451 g/mol. The number of rotatable bonds is 5. The molecule has 2 aromatic carbocycles. The van der Waals surface area contributed by atoms with Gasteiger partial charge in [0.25, 0.3) is 0 Å². The lowest BCUT2D eigenvalue weighted by Gasteiger charge is -2.36. The fourth-order valence-corrected chi connectivity index (χ4v) is 3.15. The average Bonchev–Trinajstić information content (AvgIpc) is 2.68. The zero-order valence-electron chi connectivity index (χ0n) is 15.8. The largest absolute Gasteiger partial charge is 0.508 e. The van der Waals surface area contributed by atoms with E-state index in [1.54, 1.807) is 12.1 Å². The number of phenolic OH excluding ortho intramolecular Hbond substituents is 1. The number of nitrogens with zero attached hydrogens (tertiary/aromatic N) is 3. The fourth-order valence-electron chi connectivity index (χ4n) is 3.15. The molecule has 1 heterocycles. The van der Waals surface area contributed by atoms with Crippen molar-refractivity contribution in [3.8, 4) is 5.75 Å². The second-order valence-corrected chi connectivity index (χ2v) is 6.59. The Labute approximate surface area is 179 Å². The predicted molar refractivity (Wildman–Crippen MR) is 122 cm³/mol. The molecule has 0 spiro atoms. The summed E-state index contributed by atoms with van der Waals surface area (Å²) in [6.45, 7) is 8.63. The van der Waals surface area contributed by atoms with Crippen LogP contribution in [0.4, 0.5) is 0 Å². The topological polar surface area (TPSA) is 51.1 Å². The fraction of sp³-hybridized carbons (Fsp3) is 0.381. The van der Waals surface area contributed by atoms with Crippen molar-refractivity contribution in [2.75, 3.05) is 32.7 Å². The van der Waals surface area contributed by atoms with Gasteiger partial charge in [-0.1, -0.05) is 42.5 Å². The van der Waals surface area contributed by atoms with Gasteiger partial charge < -0.3 is 15.3 Å². The Kier molecular flexibility index (Phi) is 8.87. The van der Waals surface area contributed by atoms with E-state index in [0.29, 0.717) is 12.3 Å². The summed E-state index contributed by atoms with van der Waals surface area (Å²) in [6.07, 6.45) is 0. The molecule has 2 N–H and O–H groups in total. The number of hydrogen-bond donors (Lipinski definition) is 2. The molecule has 0 amide bonds. The van der Waals surface area contributed by atoms with Crippen LogP contribution in [0.25, 0.3) is 0 Å². The summed E-state index contributed by atoms with van der Waals surface area (Å²) in [6, 6.07) is 17.9. The van der Waals surface area contributed by atoms with Crippen molar-refractivity contribution in [1.29, 1.82) is 0 Å². The summed E-state index contributed by atoms with van der Waals surface area (Å²) >= 11 is 0. The van der Waals surface area contributed by atoms with E-state index in [0.717, 1.165) is 50.8 Å². The van der Waals surface area contributed by atoms with Crippen LogP contribution < -0.4 is 5.32 Å². The molecule has 5 nitrogen and oxygen atoms in total. The molecule has 0 radical (unpaired) electrons. The van der Waals surface area contributed by atoms with Crippen LogP contribution in [-0.4, -0.2) is 53.6 Å². The van der Waals surface area contributed by atoms with E-state index in [1.807, 2.05) is 12.1 Å². The smallest absolute Gasteiger partial charge is 0.194 e. The highest BCUT2D eigenvalue weighted by molar-refractivity contribution is 14.0. The van der Waals surface area contributed by atoms with Crippen molar-refractivity contribution >= 4 is 29.9 Å². The molecule has 1 fully saturated rings. The Hall–Kier alpha value is -1.80. The monoisotopic (exact) mass is 480 g/mol. The molecule has 3 rings (SSSR count). The third kappa shape index (κ3) is 6.70. The van der Waals surface area contributed by atoms with Crippen LogP contribution in [0.1, 0.15) is 18.1 Å². The molecule has 0 aliphatic carbocycles. The van der Waals surface area contributed by atoms with E-state index in [4.69, 9.17) is 4.99 Å². The van der Waals surface area contributed by atoms with Crippen LogP contribution in [0.5, 0.6) is 5.75 Å². The van der Waals surface area contributed by atoms with E-state index in [2.05, 4.69) is 52.4 Å². The van der Waals surface area contributed by atoms with Gasteiger partial charge in [0.05, 0.1) is 6.54 Å². The van der Waals surface area contributed by atoms with Crippen LogP contribution in [0.2, 0.25) is 0 Å². The molecule has 1 aliphatic rings. The minimum absolute atomic E-state index is 0. The Morgan fingerprint density at radius 3 is 2.26 bits per heavy atom. The molecule has 0 unspecified atom stereocenters. The maximum Gasteiger partial charge on any atom is 0.194 e. The quantitative estimate of drug-likeness (QED) is 0.392. The summed E-state index contributed by atoms with van der Waals surface area (Å²) < 4.78 is 0. The number of nitrogens with one attached hydrogen (secondary N) is 1. The van der Waals surface area contributed by atoms with Crippen molar-refractivity contribution in [3.05, 3.63) is 65.7 Å². The number of piperazine rings is 1. The zero-order valence-corrected chi connectivity index (χ0v) is 18.2. The van der Waals surface area contributed by atoms with E-state index < -0.39 is 0 Å². The van der Waals surface area contributed by atoms with Crippen molar-refractivity contribution in [1.82, 2.24) is 15.1 Å². The molecule has 146 valence electrons. The third-order valence-electron chi connectivity index (χ3n) is 4.60. The van der Waals surface area contributed by atoms with Crippen molar-refractivity contribution < 1.29 is 5.11 Å². The molecule has 1 saturated heterocycles. The van der Waals surface area contributed by atoms with Crippen LogP contribution in [0.15, 0.2) is 59.6 Å². The zero-order chi connectivity index (χ0) is 18.2. The minimum atomic E-state index is 0. The van der Waals surface area contributed by atoms with Gasteiger partial charge in [-0.3, -0.25) is 4.90 Å². The van der Waals surface area contributed by atoms with E-state index in [-0.39, 0.29) is 24.0 Å². The van der Waals surface area contributed by atoms with Gasteiger partial charge in [0, 0.05) is 39.3 Å². The number of halogens is 1. The Morgan fingerprint density at radius 1 is 0.963 bits per heavy atom. The van der Waals surface area contributed by atoms with Gasteiger partial charge in [0.15, 0.2) is 5.96 Å². The SMILES string of the molecule is CCNC(=NCc1ccc(O)cc1)N1CCN(Cc2ccccc2)CC1.I. The highest BCUT2D eigenvalue weighted by Crippen LogP contribution is 2.12. The number of aromatic hydroxyl groups is 1. The minimum Gasteiger partial charge on any atom is -0.508 e. The lowest BCUT2D eigenvalue weighted by Crippen LogP contribution is -2.52. The van der Waals surface area contributed by atoms with Crippen LogP contribution in [0, 0.1) is 0 Å². The van der Waals surface area contributed by atoms with Crippen molar-refractivity contribution in [3.63, 3.8) is 0 Å². The summed E-state index contributed by atoms with van der Waals surface area (Å²) in [7, 11) is 0. The van der Waals surface area contributed by atoms with Gasteiger partial charge in [-0.2, -0.15) is 0 Å². The average molecular weight is 480 g/mol. The lowest BCUT2D eigenvalue weighted by atomic mass is 10.2. The van der Waals surface area contributed by atoms with Gasteiger partial charge in [-0.25, -0.2) is 4.99 Å². The first-order valence-corrected chi connectivity index (χ1v) is 9.32. The van der Waals surface area contributed by atoms with Crippen LogP contribution in [-0.2, 0) is 13.1 Å². The number of guanidine groups is 1. The molecule has 6 heteroatoms. The first kappa shape index (κ1) is 21.5. The molecule has 0 aromatic heterocycles. The lowest BCUT2D eigenvalue weighted by molar-refractivity contribution is 0.172. The molecule has 2 aromatic rings. The number of benzene rings is 2. The van der Waals surface area contributed by atoms with Gasteiger partial charge in [-0.05, 0) is 30.2 Å². The molecule has 0 saturated carbocycles. The summed E-state index contributed by atoms with van der Waals surface area (Å²) in [5.74, 6) is 1.26. The van der Waals surface area contributed by atoms with E-state index >= 15 is 0 Å². The first-order valence-electron chi connectivity index (χ1n) is 9.32. The van der Waals surface area contributed by atoms with Gasteiger partial charge in [0.2, 0.25) is 0 Å². The van der Waals surface area contributed by atoms with E-state index in [1.165, 1.54) is 5.56 Å². The number of phenols is 1. The second kappa shape index (κ2) is 11.1. The summed E-state index contributed by atoms with van der Waals surface area (Å²) in [4.78, 5) is 9.61. The summed E-state index contributed by atoms with van der Waals surface area (Å²) in [5, 5.41) is 12.8. The highest BCUT2D eigenvalue weighted by atomic mass is 127. The Morgan fingerprint density at radius 2 is 1.63 bits per heavy atom. The first-order chi connectivity index (χ1) is 12.7. The normalized spacial score (nSPS) is 15.3. The molecule has 1 aliphatic heterocycles. The molecule has 27 heavy (non-hydrogen) atoms. The van der Waals surface area contributed by atoms with Crippen molar-refractivity contribution in [2.24, 2.45) is 4.99 Å². The maximum atomic E-state index is 9.39. The molecular formula is C21H29IN4O. The van der Waals surface area contributed by atoms with Gasteiger partial charge in [0.1, 0.15) is 5.75 Å². The standard InChI is InChI=1S/C21H28N4O.HI/c1-2-22-21(23-16-18-8-10-20(26)11-9-18)25-14-12-24(13-15-25)17-19-6-4-3-5-7-19;/h3-11,26H,2,12-17H2,1H3,(H,22,23);1H. The Bertz CT molecular complexity index is 698. The maximum absolute atomic E-state index is 9.39. The van der Waals surface area contributed by atoms with Crippen LogP contribution in [0.3, 0.4) is 0 Å². The summed E-state index contributed by atoms with van der Waals surface area (Å²) in [5.41, 5.74) is 2.47. The predicted octanol–water partition coefficient (Wildman–Crippen LogP) is 3.29. The second-order valence-electron chi connectivity index (χ2n) is 6.59. The Balaban J connectivity index is 0.00000261. The highest BCUT2D eigenvalue weighted by Gasteiger charge is 2.19. The molecule has 0 atom stereocenters. The third-order valence-corrected chi connectivity index (χ3v) is 4.60. The number of aliphatic imine (C=N–C) groups is 1. The molecule has 0 bridgehead atoms.